The molecule has 7 heteroatoms. The molecule has 0 aliphatic carbocycles. The Morgan fingerprint density at radius 3 is 2.26 bits per heavy atom. The van der Waals surface area contributed by atoms with Crippen molar-refractivity contribution in [2.24, 2.45) is 0 Å². The number of ether oxygens (including phenoxy) is 2. The summed E-state index contributed by atoms with van der Waals surface area (Å²) in [6.45, 7) is 4.30. The van der Waals surface area contributed by atoms with Gasteiger partial charge in [-0.25, -0.2) is 4.39 Å². The van der Waals surface area contributed by atoms with E-state index in [0.29, 0.717) is 18.4 Å². The fourth-order valence-electron chi connectivity index (χ4n) is 4.15. The first kappa shape index (κ1) is 27.9. The van der Waals surface area contributed by atoms with Gasteiger partial charge in [-0.3, -0.25) is 4.90 Å². The SMILES string of the molecule is COc1cccc(CNC2CCN(Cc3ccccc3)CC2)c1OCc1ccc(F)cc1.Cl.Cl. The molecular formula is C27H33Cl2FN2O2. The third-order valence-electron chi connectivity index (χ3n) is 5.99. The lowest BCUT2D eigenvalue weighted by atomic mass is 10.0. The fraction of sp³-hybridized carbons (Fsp3) is 0.333. The zero-order valence-electron chi connectivity index (χ0n) is 19.4. The molecule has 34 heavy (non-hydrogen) atoms. The summed E-state index contributed by atoms with van der Waals surface area (Å²) in [5, 5.41) is 3.71. The standard InChI is InChI=1S/C27H31FN2O2.2ClH/c1-31-26-9-5-8-23(27(26)32-20-22-10-12-24(28)13-11-22)18-29-25-14-16-30(17-15-25)19-21-6-3-2-4-7-21;;/h2-13,25,29H,14-20H2,1H3;2*1H. The molecular weight excluding hydrogens is 474 g/mol. The van der Waals surface area contributed by atoms with Crippen LogP contribution < -0.4 is 14.8 Å². The predicted molar refractivity (Wildman–Crippen MR) is 140 cm³/mol. The van der Waals surface area contributed by atoms with Crippen LogP contribution in [0.2, 0.25) is 0 Å². The monoisotopic (exact) mass is 506 g/mol. The Kier molecular flexibility index (Phi) is 11.6. The van der Waals surface area contributed by atoms with Gasteiger partial charge in [0.15, 0.2) is 11.5 Å². The summed E-state index contributed by atoms with van der Waals surface area (Å²) in [4.78, 5) is 2.52. The van der Waals surface area contributed by atoms with Crippen LogP contribution in [0.15, 0.2) is 72.8 Å². The van der Waals surface area contributed by atoms with Gasteiger partial charge in [0, 0.05) is 24.7 Å². The van der Waals surface area contributed by atoms with Gasteiger partial charge in [-0.05, 0) is 55.3 Å². The maximum Gasteiger partial charge on any atom is 0.166 e. The van der Waals surface area contributed by atoms with Crippen LogP contribution in [0.25, 0.3) is 0 Å². The van der Waals surface area contributed by atoms with Crippen molar-refractivity contribution in [3.63, 3.8) is 0 Å². The Labute approximate surface area is 214 Å². The molecule has 1 N–H and O–H groups in total. The zero-order valence-corrected chi connectivity index (χ0v) is 21.0. The Morgan fingerprint density at radius 1 is 0.882 bits per heavy atom. The number of benzene rings is 3. The molecule has 1 heterocycles. The van der Waals surface area contributed by atoms with Crippen molar-refractivity contribution in [2.75, 3.05) is 20.2 Å². The van der Waals surface area contributed by atoms with Crippen LogP contribution in [0.4, 0.5) is 4.39 Å². The van der Waals surface area contributed by atoms with E-state index in [0.717, 1.165) is 55.9 Å². The number of para-hydroxylation sites is 1. The van der Waals surface area contributed by atoms with Crippen molar-refractivity contribution < 1.29 is 13.9 Å². The van der Waals surface area contributed by atoms with E-state index in [1.165, 1.54) is 17.7 Å². The lowest BCUT2D eigenvalue weighted by molar-refractivity contribution is 0.189. The average molecular weight is 507 g/mol. The molecule has 3 aromatic carbocycles. The van der Waals surface area contributed by atoms with Crippen molar-refractivity contribution in [3.8, 4) is 11.5 Å². The second kappa shape index (κ2) is 14.2. The van der Waals surface area contributed by atoms with Crippen molar-refractivity contribution in [1.82, 2.24) is 10.2 Å². The first-order valence-electron chi connectivity index (χ1n) is 11.2. The molecule has 0 atom stereocenters. The Balaban J connectivity index is 0.00000204. The summed E-state index contributed by atoms with van der Waals surface area (Å²) in [5.41, 5.74) is 3.36. The van der Waals surface area contributed by atoms with E-state index in [2.05, 4.69) is 46.6 Å². The number of methoxy groups -OCH3 is 1. The highest BCUT2D eigenvalue weighted by Crippen LogP contribution is 2.32. The van der Waals surface area contributed by atoms with Crippen molar-refractivity contribution in [1.29, 1.82) is 0 Å². The van der Waals surface area contributed by atoms with Gasteiger partial charge in [-0.15, -0.1) is 24.8 Å². The predicted octanol–water partition coefficient (Wildman–Crippen LogP) is 6.01. The van der Waals surface area contributed by atoms with Gasteiger partial charge >= 0.3 is 0 Å². The van der Waals surface area contributed by atoms with E-state index in [4.69, 9.17) is 9.47 Å². The second-order valence-corrected chi connectivity index (χ2v) is 8.28. The van der Waals surface area contributed by atoms with E-state index < -0.39 is 0 Å². The molecule has 0 amide bonds. The molecule has 0 spiro atoms. The zero-order chi connectivity index (χ0) is 22.2. The molecule has 0 unspecified atom stereocenters. The average Bonchev–Trinajstić information content (AvgIpc) is 2.84. The first-order valence-corrected chi connectivity index (χ1v) is 11.2. The number of likely N-dealkylation sites (tertiary alicyclic amines) is 1. The van der Waals surface area contributed by atoms with Crippen LogP contribution in [0.3, 0.4) is 0 Å². The van der Waals surface area contributed by atoms with Crippen molar-refractivity contribution in [2.45, 2.75) is 38.6 Å². The van der Waals surface area contributed by atoms with Gasteiger partial charge in [0.2, 0.25) is 0 Å². The Bertz CT molecular complexity index is 982. The molecule has 3 aromatic rings. The minimum atomic E-state index is -0.245. The number of nitrogens with zero attached hydrogens (tertiary/aromatic N) is 1. The highest BCUT2D eigenvalue weighted by molar-refractivity contribution is 5.85. The van der Waals surface area contributed by atoms with Gasteiger partial charge in [-0.1, -0.05) is 54.6 Å². The minimum absolute atomic E-state index is 0. The van der Waals surface area contributed by atoms with Gasteiger partial charge in [0.1, 0.15) is 12.4 Å². The maximum absolute atomic E-state index is 13.2. The van der Waals surface area contributed by atoms with E-state index >= 15 is 0 Å². The highest BCUT2D eigenvalue weighted by atomic mass is 35.5. The summed E-state index contributed by atoms with van der Waals surface area (Å²) >= 11 is 0. The molecule has 4 nitrogen and oxygen atoms in total. The quantitative estimate of drug-likeness (QED) is 0.385. The van der Waals surface area contributed by atoms with Crippen LogP contribution in [0.5, 0.6) is 11.5 Å². The summed E-state index contributed by atoms with van der Waals surface area (Å²) in [7, 11) is 1.65. The molecule has 184 valence electrons. The second-order valence-electron chi connectivity index (χ2n) is 8.28. The topological polar surface area (TPSA) is 33.7 Å². The maximum atomic E-state index is 13.2. The number of hydrogen-bond donors (Lipinski definition) is 1. The number of halogens is 3. The molecule has 0 saturated carbocycles. The van der Waals surface area contributed by atoms with Crippen molar-refractivity contribution in [3.05, 3.63) is 95.3 Å². The molecule has 1 saturated heterocycles. The fourth-order valence-corrected chi connectivity index (χ4v) is 4.15. The smallest absolute Gasteiger partial charge is 0.166 e. The number of nitrogens with one attached hydrogen (secondary N) is 1. The normalized spacial score (nSPS) is 14.1. The lowest BCUT2D eigenvalue weighted by Crippen LogP contribution is -2.41. The van der Waals surface area contributed by atoms with Gasteiger partial charge < -0.3 is 14.8 Å². The number of rotatable bonds is 9. The van der Waals surface area contributed by atoms with Crippen molar-refractivity contribution >= 4 is 24.8 Å². The molecule has 0 radical (unpaired) electrons. The van der Waals surface area contributed by atoms with E-state index in [-0.39, 0.29) is 30.6 Å². The van der Waals surface area contributed by atoms with Crippen LogP contribution in [0, 0.1) is 5.82 Å². The number of hydrogen-bond acceptors (Lipinski definition) is 4. The lowest BCUT2D eigenvalue weighted by Gasteiger charge is -2.32. The Morgan fingerprint density at radius 2 is 1.59 bits per heavy atom. The molecule has 1 fully saturated rings. The molecule has 1 aliphatic heterocycles. The summed E-state index contributed by atoms with van der Waals surface area (Å²) < 4.78 is 24.8. The largest absolute Gasteiger partial charge is 0.493 e. The number of piperidine rings is 1. The van der Waals surface area contributed by atoms with Gasteiger partial charge in [-0.2, -0.15) is 0 Å². The molecule has 0 aromatic heterocycles. The molecule has 1 aliphatic rings. The Hall–Kier alpha value is -2.31. The summed E-state index contributed by atoms with van der Waals surface area (Å²) in [5.74, 6) is 1.21. The van der Waals surface area contributed by atoms with Crippen LogP contribution in [-0.2, 0) is 19.7 Å². The highest BCUT2D eigenvalue weighted by Gasteiger charge is 2.20. The third kappa shape index (κ3) is 7.88. The minimum Gasteiger partial charge on any atom is -0.493 e. The molecule has 0 bridgehead atoms. The van der Waals surface area contributed by atoms with E-state index in [9.17, 15) is 4.39 Å². The molecule has 4 rings (SSSR count). The third-order valence-corrected chi connectivity index (χ3v) is 5.99. The van der Waals surface area contributed by atoms with Crippen LogP contribution >= 0.6 is 24.8 Å². The summed E-state index contributed by atoms with van der Waals surface area (Å²) in [6, 6.07) is 23.5. The van der Waals surface area contributed by atoms with E-state index in [1.54, 1.807) is 19.2 Å². The van der Waals surface area contributed by atoms with Gasteiger partial charge in [0.05, 0.1) is 7.11 Å². The van der Waals surface area contributed by atoms with Crippen LogP contribution in [0.1, 0.15) is 29.5 Å². The van der Waals surface area contributed by atoms with E-state index in [1.807, 2.05) is 12.1 Å². The van der Waals surface area contributed by atoms with Crippen LogP contribution in [-0.4, -0.2) is 31.1 Å². The first-order chi connectivity index (χ1) is 15.7. The summed E-state index contributed by atoms with van der Waals surface area (Å²) in [6.07, 6.45) is 2.26. The van der Waals surface area contributed by atoms with Gasteiger partial charge in [0.25, 0.3) is 0 Å².